The number of anilines is 2. The van der Waals surface area contributed by atoms with Crippen molar-refractivity contribution in [1.82, 2.24) is 10.2 Å². The Morgan fingerprint density at radius 2 is 1.92 bits per heavy atom. The summed E-state index contributed by atoms with van der Waals surface area (Å²) in [4.78, 5) is 14.6. The molecule has 3 rings (SSSR count). The van der Waals surface area contributed by atoms with Gasteiger partial charge in [-0.25, -0.2) is 0 Å². The van der Waals surface area contributed by atoms with Crippen LogP contribution in [0.2, 0.25) is 10.0 Å². The van der Waals surface area contributed by atoms with Crippen LogP contribution in [0.1, 0.15) is 18.5 Å². The molecule has 1 aliphatic rings. The highest BCUT2D eigenvalue weighted by Crippen LogP contribution is 2.27. The predicted molar refractivity (Wildman–Crippen MR) is 96.8 cm³/mol. The first-order chi connectivity index (χ1) is 11.5. The van der Waals surface area contributed by atoms with Gasteiger partial charge in [0, 0.05) is 24.0 Å². The molecule has 0 bridgehead atoms. The van der Waals surface area contributed by atoms with E-state index < -0.39 is 0 Å². The molecule has 0 unspecified atom stereocenters. The molecule has 1 fully saturated rings. The third-order valence-corrected chi connectivity index (χ3v) is 4.71. The molecular weight excluding hydrogens is 347 g/mol. The fraction of sp³-hybridized carbons (Fsp3) is 0.353. The molecule has 0 spiro atoms. The van der Waals surface area contributed by atoms with Crippen molar-refractivity contribution in [3.05, 3.63) is 46.1 Å². The lowest BCUT2D eigenvalue weighted by molar-refractivity contribution is -0.120. The zero-order valence-electron chi connectivity index (χ0n) is 13.3. The summed E-state index contributed by atoms with van der Waals surface area (Å²) in [6, 6.07) is 8.97. The number of nitrogens with one attached hydrogen (secondary N) is 1. The molecule has 0 aliphatic carbocycles. The van der Waals surface area contributed by atoms with E-state index in [4.69, 9.17) is 23.2 Å². The summed E-state index contributed by atoms with van der Waals surface area (Å²) in [5.41, 5.74) is 1.49. The number of aryl methyl sites for hydroxylation is 1. The Hall–Kier alpha value is -1.85. The van der Waals surface area contributed by atoms with E-state index in [2.05, 4.69) is 20.4 Å². The summed E-state index contributed by atoms with van der Waals surface area (Å²) in [6.45, 7) is 3.48. The molecular formula is C17H18Cl2N4O. The second-order valence-electron chi connectivity index (χ2n) is 5.91. The molecule has 2 heterocycles. The Balaban J connectivity index is 1.58. The van der Waals surface area contributed by atoms with Crippen LogP contribution in [0, 0.1) is 12.8 Å². The Labute approximate surface area is 151 Å². The van der Waals surface area contributed by atoms with Crippen LogP contribution in [0.5, 0.6) is 0 Å². The Morgan fingerprint density at radius 1 is 1.17 bits per heavy atom. The third kappa shape index (κ3) is 3.97. The summed E-state index contributed by atoms with van der Waals surface area (Å²) in [7, 11) is 0. The van der Waals surface area contributed by atoms with Gasteiger partial charge >= 0.3 is 0 Å². The SMILES string of the molecule is Cc1ccc(N2CCC(C(=O)Nc3ccc(Cl)cc3Cl)CC2)nn1. The van der Waals surface area contributed by atoms with Crippen molar-refractivity contribution in [1.29, 1.82) is 0 Å². The Morgan fingerprint density at radius 3 is 2.54 bits per heavy atom. The first kappa shape index (κ1) is 17.0. The maximum absolute atomic E-state index is 12.4. The smallest absolute Gasteiger partial charge is 0.227 e. The molecule has 5 nitrogen and oxygen atoms in total. The summed E-state index contributed by atoms with van der Waals surface area (Å²) in [5.74, 6) is 0.820. The molecule has 1 N–H and O–H groups in total. The van der Waals surface area contributed by atoms with Crippen molar-refractivity contribution in [2.24, 2.45) is 5.92 Å². The van der Waals surface area contributed by atoms with Gasteiger partial charge in [-0.1, -0.05) is 23.2 Å². The van der Waals surface area contributed by atoms with E-state index >= 15 is 0 Å². The molecule has 0 radical (unpaired) electrons. The minimum atomic E-state index is -0.0357. The second kappa shape index (κ2) is 7.36. The number of nitrogens with zero attached hydrogens (tertiary/aromatic N) is 3. The van der Waals surface area contributed by atoms with Gasteiger partial charge in [0.05, 0.1) is 16.4 Å². The van der Waals surface area contributed by atoms with Crippen molar-refractivity contribution in [2.45, 2.75) is 19.8 Å². The van der Waals surface area contributed by atoms with Crippen LogP contribution >= 0.6 is 23.2 Å². The van der Waals surface area contributed by atoms with Gasteiger partial charge in [0.2, 0.25) is 5.91 Å². The van der Waals surface area contributed by atoms with Crippen molar-refractivity contribution in [3.8, 4) is 0 Å². The van der Waals surface area contributed by atoms with Crippen molar-refractivity contribution in [2.75, 3.05) is 23.3 Å². The first-order valence-electron chi connectivity index (χ1n) is 7.84. The fourth-order valence-electron chi connectivity index (χ4n) is 2.76. The van der Waals surface area contributed by atoms with Gasteiger partial charge in [-0.05, 0) is 50.1 Å². The normalized spacial score (nSPS) is 15.4. The number of hydrogen-bond acceptors (Lipinski definition) is 4. The highest BCUT2D eigenvalue weighted by molar-refractivity contribution is 6.36. The topological polar surface area (TPSA) is 58.1 Å². The Kier molecular flexibility index (Phi) is 5.21. The quantitative estimate of drug-likeness (QED) is 0.895. The second-order valence-corrected chi connectivity index (χ2v) is 6.75. The van der Waals surface area contributed by atoms with Crippen LogP contribution in [0.15, 0.2) is 30.3 Å². The molecule has 1 aromatic heterocycles. The number of carbonyl (C=O) groups excluding carboxylic acids is 1. The van der Waals surface area contributed by atoms with Crippen molar-refractivity contribution in [3.63, 3.8) is 0 Å². The molecule has 1 amide bonds. The molecule has 0 atom stereocenters. The molecule has 1 aromatic carbocycles. The fourth-order valence-corrected chi connectivity index (χ4v) is 3.21. The largest absolute Gasteiger partial charge is 0.355 e. The van der Waals surface area contributed by atoms with Gasteiger partial charge in [-0.3, -0.25) is 4.79 Å². The zero-order chi connectivity index (χ0) is 17.1. The first-order valence-corrected chi connectivity index (χ1v) is 8.60. The van der Waals surface area contributed by atoms with Gasteiger partial charge < -0.3 is 10.2 Å². The molecule has 2 aromatic rings. The summed E-state index contributed by atoms with van der Waals surface area (Å²) in [5, 5.41) is 12.2. The van der Waals surface area contributed by atoms with Crippen LogP contribution in [-0.2, 0) is 4.79 Å². The van der Waals surface area contributed by atoms with Crippen LogP contribution < -0.4 is 10.2 Å². The van der Waals surface area contributed by atoms with E-state index in [1.54, 1.807) is 18.2 Å². The van der Waals surface area contributed by atoms with Crippen molar-refractivity contribution < 1.29 is 4.79 Å². The minimum absolute atomic E-state index is 0.00568. The summed E-state index contributed by atoms with van der Waals surface area (Å²) >= 11 is 12.0. The van der Waals surface area contributed by atoms with Gasteiger partial charge in [0.25, 0.3) is 0 Å². The highest BCUT2D eigenvalue weighted by Gasteiger charge is 2.26. The van der Waals surface area contributed by atoms with Crippen LogP contribution in [0.25, 0.3) is 0 Å². The number of carbonyl (C=O) groups is 1. The van der Waals surface area contributed by atoms with E-state index in [9.17, 15) is 4.79 Å². The van der Waals surface area contributed by atoms with Gasteiger partial charge in [0.1, 0.15) is 0 Å². The molecule has 126 valence electrons. The standard InChI is InChI=1S/C17H18Cl2N4O/c1-11-2-5-16(22-21-11)23-8-6-12(7-9-23)17(24)20-15-4-3-13(18)10-14(15)19/h2-5,10,12H,6-9H2,1H3,(H,20,24). The van der Waals surface area contributed by atoms with Gasteiger partial charge in [-0.2, -0.15) is 5.10 Å². The lowest BCUT2D eigenvalue weighted by atomic mass is 9.96. The van der Waals surface area contributed by atoms with E-state index in [1.165, 1.54) is 0 Å². The maximum atomic E-state index is 12.4. The van der Waals surface area contributed by atoms with Crippen molar-refractivity contribution >= 4 is 40.6 Å². The number of benzene rings is 1. The van der Waals surface area contributed by atoms with Crippen LogP contribution in [-0.4, -0.2) is 29.2 Å². The lowest BCUT2D eigenvalue weighted by Gasteiger charge is -2.31. The van der Waals surface area contributed by atoms with E-state index in [-0.39, 0.29) is 11.8 Å². The molecule has 1 aliphatic heterocycles. The summed E-state index contributed by atoms with van der Waals surface area (Å²) in [6.07, 6.45) is 1.54. The van der Waals surface area contributed by atoms with Crippen LogP contribution in [0.4, 0.5) is 11.5 Å². The lowest BCUT2D eigenvalue weighted by Crippen LogP contribution is -2.38. The van der Waals surface area contributed by atoms with E-state index in [1.807, 2.05) is 19.1 Å². The number of hydrogen-bond donors (Lipinski definition) is 1. The average Bonchev–Trinajstić information content (AvgIpc) is 2.58. The third-order valence-electron chi connectivity index (χ3n) is 4.16. The number of halogens is 2. The van der Waals surface area contributed by atoms with Gasteiger partial charge in [-0.15, -0.1) is 5.10 Å². The monoisotopic (exact) mass is 364 g/mol. The predicted octanol–water partition coefficient (Wildman–Crippen LogP) is 3.95. The van der Waals surface area contributed by atoms with Crippen LogP contribution in [0.3, 0.4) is 0 Å². The number of amides is 1. The highest BCUT2D eigenvalue weighted by atomic mass is 35.5. The number of piperidine rings is 1. The number of rotatable bonds is 3. The molecule has 7 heteroatoms. The van der Waals surface area contributed by atoms with Gasteiger partial charge in [0.15, 0.2) is 5.82 Å². The van der Waals surface area contributed by atoms with E-state index in [0.29, 0.717) is 15.7 Å². The van der Waals surface area contributed by atoms with E-state index in [0.717, 1.165) is 37.4 Å². The minimum Gasteiger partial charge on any atom is -0.355 e. The molecule has 1 saturated heterocycles. The maximum Gasteiger partial charge on any atom is 0.227 e. The average molecular weight is 365 g/mol. The zero-order valence-corrected chi connectivity index (χ0v) is 14.8. The number of aromatic nitrogens is 2. The molecule has 24 heavy (non-hydrogen) atoms. The summed E-state index contributed by atoms with van der Waals surface area (Å²) < 4.78 is 0. The molecule has 0 saturated carbocycles. The Bertz CT molecular complexity index is 728.